The molecule has 6 nitrogen and oxygen atoms in total. The van der Waals surface area contributed by atoms with Gasteiger partial charge in [0.25, 0.3) is 0 Å². The van der Waals surface area contributed by atoms with Crippen molar-refractivity contribution in [1.82, 2.24) is 14.1 Å². The van der Waals surface area contributed by atoms with Crippen LogP contribution in [0, 0.1) is 0 Å². The summed E-state index contributed by atoms with van der Waals surface area (Å²) in [5, 5.41) is 0. The smallest absolute Gasteiger partial charge is 0.341 e. The zero-order valence-corrected chi connectivity index (χ0v) is 18.4. The number of hydrogen-bond donors (Lipinski definition) is 0. The molecule has 31 heavy (non-hydrogen) atoms. The first-order valence-electron chi connectivity index (χ1n) is 10.8. The number of carbonyl (C=O) groups excluding carboxylic acids is 1. The predicted molar refractivity (Wildman–Crippen MR) is 112 cm³/mol. The van der Waals surface area contributed by atoms with Gasteiger partial charge in [0.2, 0.25) is 15.9 Å². The van der Waals surface area contributed by atoms with Gasteiger partial charge in [-0.3, -0.25) is 9.69 Å². The lowest BCUT2D eigenvalue weighted by molar-refractivity contribution is -0.137. The summed E-state index contributed by atoms with van der Waals surface area (Å²) >= 11 is 0. The van der Waals surface area contributed by atoms with Crippen molar-refractivity contribution in [1.29, 1.82) is 0 Å². The fraction of sp³-hybridized carbons (Fsp3) is 0.667. The largest absolute Gasteiger partial charge is 0.416 e. The number of carbonyl (C=O) groups is 1. The molecule has 0 aromatic heterocycles. The molecule has 0 spiro atoms. The third kappa shape index (κ3) is 6.92. The Labute approximate surface area is 182 Å². The maximum absolute atomic E-state index is 12.7. The molecule has 2 fully saturated rings. The van der Waals surface area contributed by atoms with Gasteiger partial charge in [-0.1, -0.05) is 12.1 Å². The SMILES string of the molecule is O=C(CCCS(=O)(=O)N1CCCC1)N1CCCN(Cc2ccc(C(F)(F)F)cc2)CC1. The van der Waals surface area contributed by atoms with E-state index in [1.54, 1.807) is 4.90 Å². The number of amides is 1. The lowest BCUT2D eigenvalue weighted by atomic mass is 10.1. The summed E-state index contributed by atoms with van der Waals surface area (Å²) < 4.78 is 64.2. The average Bonchev–Trinajstić information content (AvgIpc) is 3.16. The highest BCUT2D eigenvalue weighted by Gasteiger charge is 2.30. The van der Waals surface area contributed by atoms with E-state index in [0.717, 1.165) is 43.5 Å². The van der Waals surface area contributed by atoms with Gasteiger partial charge in [0, 0.05) is 52.2 Å². The summed E-state index contributed by atoms with van der Waals surface area (Å²) in [6.45, 7) is 4.25. The van der Waals surface area contributed by atoms with E-state index in [-0.39, 0.29) is 18.1 Å². The molecule has 1 amide bonds. The van der Waals surface area contributed by atoms with E-state index in [9.17, 15) is 26.4 Å². The van der Waals surface area contributed by atoms with Crippen LogP contribution in [-0.2, 0) is 27.5 Å². The summed E-state index contributed by atoms with van der Waals surface area (Å²) in [6, 6.07) is 5.19. The van der Waals surface area contributed by atoms with Gasteiger partial charge in [0.05, 0.1) is 11.3 Å². The first kappa shape index (κ1) is 24.0. The minimum absolute atomic E-state index is 0.00657. The van der Waals surface area contributed by atoms with Crippen molar-refractivity contribution < 1.29 is 26.4 Å². The molecule has 174 valence electrons. The van der Waals surface area contributed by atoms with Crippen LogP contribution in [-0.4, -0.2) is 73.5 Å². The van der Waals surface area contributed by atoms with E-state index in [4.69, 9.17) is 0 Å². The molecule has 0 unspecified atom stereocenters. The molecule has 0 atom stereocenters. The molecular weight excluding hydrogens is 431 g/mol. The van der Waals surface area contributed by atoms with E-state index in [0.29, 0.717) is 45.7 Å². The molecule has 0 bridgehead atoms. The third-order valence-electron chi connectivity index (χ3n) is 5.88. The van der Waals surface area contributed by atoms with Crippen molar-refractivity contribution in [3.05, 3.63) is 35.4 Å². The van der Waals surface area contributed by atoms with E-state index in [2.05, 4.69) is 4.90 Å². The molecule has 2 aliphatic rings. The van der Waals surface area contributed by atoms with Crippen LogP contribution in [0.5, 0.6) is 0 Å². The summed E-state index contributed by atoms with van der Waals surface area (Å²) in [4.78, 5) is 16.5. The number of sulfonamides is 1. The normalized spacial score (nSPS) is 19.5. The Kier molecular flexibility index (Phi) is 7.98. The Morgan fingerprint density at radius 3 is 2.23 bits per heavy atom. The monoisotopic (exact) mass is 461 g/mol. The first-order chi connectivity index (χ1) is 14.6. The van der Waals surface area contributed by atoms with Crippen LogP contribution >= 0.6 is 0 Å². The summed E-state index contributed by atoms with van der Waals surface area (Å²) in [7, 11) is -3.27. The standard InChI is InChI=1S/C21H30F3N3O3S/c22-21(23,24)19-8-6-18(7-9-19)17-25-10-4-11-26(15-14-25)20(28)5-3-16-31(29,30)27-12-1-2-13-27/h6-9H,1-5,10-17H2. The maximum Gasteiger partial charge on any atom is 0.416 e. The molecule has 3 rings (SSSR count). The van der Waals surface area contributed by atoms with Crippen LogP contribution in [0.3, 0.4) is 0 Å². The van der Waals surface area contributed by atoms with Crippen LogP contribution in [0.25, 0.3) is 0 Å². The highest BCUT2D eigenvalue weighted by molar-refractivity contribution is 7.89. The predicted octanol–water partition coefficient (Wildman–Crippen LogP) is 2.95. The van der Waals surface area contributed by atoms with Crippen LogP contribution in [0.15, 0.2) is 24.3 Å². The van der Waals surface area contributed by atoms with E-state index < -0.39 is 21.8 Å². The third-order valence-corrected chi connectivity index (χ3v) is 7.84. The van der Waals surface area contributed by atoms with Gasteiger partial charge >= 0.3 is 6.18 Å². The number of hydrogen-bond acceptors (Lipinski definition) is 4. The molecule has 0 aliphatic carbocycles. The van der Waals surface area contributed by atoms with Crippen molar-refractivity contribution in [3.8, 4) is 0 Å². The van der Waals surface area contributed by atoms with Gasteiger partial charge in [-0.05, 0) is 43.4 Å². The lowest BCUT2D eigenvalue weighted by Crippen LogP contribution is -2.35. The highest BCUT2D eigenvalue weighted by atomic mass is 32.2. The van der Waals surface area contributed by atoms with Crippen LogP contribution < -0.4 is 0 Å². The maximum atomic E-state index is 12.7. The molecule has 1 aromatic carbocycles. The zero-order valence-electron chi connectivity index (χ0n) is 17.6. The second-order valence-electron chi connectivity index (χ2n) is 8.23. The van der Waals surface area contributed by atoms with E-state index in [1.165, 1.54) is 16.4 Å². The highest BCUT2D eigenvalue weighted by Crippen LogP contribution is 2.29. The minimum Gasteiger partial charge on any atom is -0.341 e. The van der Waals surface area contributed by atoms with Crippen LogP contribution in [0.1, 0.15) is 43.2 Å². The van der Waals surface area contributed by atoms with Gasteiger partial charge in [-0.25, -0.2) is 12.7 Å². The Hall–Kier alpha value is -1.65. The second-order valence-corrected chi connectivity index (χ2v) is 10.3. The number of rotatable bonds is 7. The number of nitrogens with zero attached hydrogens (tertiary/aromatic N) is 3. The van der Waals surface area contributed by atoms with Gasteiger partial charge in [-0.15, -0.1) is 0 Å². The van der Waals surface area contributed by atoms with Gasteiger partial charge in [-0.2, -0.15) is 13.2 Å². The number of halogens is 3. The van der Waals surface area contributed by atoms with Crippen molar-refractivity contribution >= 4 is 15.9 Å². The van der Waals surface area contributed by atoms with Gasteiger partial charge in [0.15, 0.2) is 0 Å². The first-order valence-corrected chi connectivity index (χ1v) is 12.4. The van der Waals surface area contributed by atoms with Crippen molar-refractivity contribution in [2.75, 3.05) is 45.0 Å². The summed E-state index contributed by atoms with van der Waals surface area (Å²) in [6.07, 6.45) is -1.23. The molecule has 2 saturated heterocycles. The van der Waals surface area contributed by atoms with Crippen molar-refractivity contribution in [2.24, 2.45) is 0 Å². The molecule has 0 saturated carbocycles. The molecule has 0 radical (unpaired) electrons. The Morgan fingerprint density at radius 1 is 0.903 bits per heavy atom. The lowest BCUT2D eigenvalue weighted by Gasteiger charge is -2.22. The molecule has 2 aliphatic heterocycles. The number of benzene rings is 1. The molecule has 2 heterocycles. The topological polar surface area (TPSA) is 60.9 Å². The molecule has 10 heteroatoms. The second kappa shape index (κ2) is 10.3. The molecule has 1 aromatic rings. The van der Waals surface area contributed by atoms with Crippen LogP contribution in [0.4, 0.5) is 13.2 Å². The number of alkyl halides is 3. The van der Waals surface area contributed by atoms with Gasteiger partial charge < -0.3 is 4.90 Å². The Balaban J connectivity index is 1.43. The quantitative estimate of drug-likeness (QED) is 0.627. The fourth-order valence-corrected chi connectivity index (χ4v) is 5.68. The van der Waals surface area contributed by atoms with E-state index >= 15 is 0 Å². The summed E-state index contributed by atoms with van der Waals surface area (Å²) in [5.41, 5.74) is 0.149. The zero-order chi connectivity index (χ0) is 22.5. The van der Waals surface area contributed by atoms with E-state index in [1.807, 2.05) is 0 Å². The Bertz CT molecular complexity index is 838. The summed E-state index contributed by atoms with van der Waals surface area (Å²) in [5.74, 6) is -0.0277. The molecular formula is C21H30F3N3O3S. The van der Waals surface area contributed by atoms with Gasteiger partial charge in [0.1, 0.15) is 0 Å². The van der Waals surface area contributed by atoms with Crippen molar-refractivity contribution in [2.45, 2.75) is 44.8 Å². The average molecular weight is 462 g/mol. The fourth-order valence-electron chi connectivity index (χ4n) is 4.10. The van der Waals surface area contributed by atoms with Crippen molar-refractivity contribution in [3.63, 3.8) is 0 Å². The van der Waals surface area contributed by atoms with Crippen LogP contribution in [0.2, 0.25) is 0 Å². The minimum atomic E-state index is -4.34. The Morgan fingerprint density at radius 2 is 1.58 bits per heavy atom. The molecule has 0 N–H and O–H groups in total.